The van der Waals surface area contributed by atoms with Crippen molar-refractivity contribution in [1.29, 1.82) is 0 Å². The van der Waals surface area contributed by atoms with Crippen LogP contribution in [0.15, 0.2) is 0 Å². The Balaban J connectivity index is 2.53. The summed E-state index contributed by atoms with van der Waals surface area (Å²) in [6.45, 7) is -0.0606. The highest BCUT2D eigenvalue weighted by Gasteiger charge is 2.42. The molecule has 0 aromatic heterocycles. The molecule has 0 spiro atoms. The molecule has 1 saturated heterocycles. The van der Waals surface area contributed by atoms with Crippen LogP contribution in [0.4, 0.5) is 13.2 Å². The summed E-state index contributed by atoms with van der Waals surface area (Å²) < 4.78 is 40.6. The van der Waals surface area contributed by atoms with Gasteiger partial charge in [0.2, 0.25) is 0 Å². The highest BCUT2D eigenvalue weighted by Crippen LogP contribution is 2.20. The molecular weight excluding hydrogens is 231 g/mol. The maximum absolute atomic E-state index is 11.9. The van der Waals surface area contributed by atoms with Gasteiger partial charge in [0.1, 0.15) is 0 Å². The SMILES string of the molecule is O=C(O)CC1COCC1NC(=O)C(F)(F)F. The van der Waals surface area contributed by atoms with Crippen LogP contribution in [0.5, 0.6) is 0 Å². The summed E-state index contributed by atoms with van der Waals surface area (Å²) in [5, 5.41) is 10.2. The van der Waals surface area contributed by atoms with Crippen LogP contribution in [0.1, 0.15) is 6.42 Å². The number of aliphatic carboxylic acids is 1. The minimum Gasteiger partial charge on any atom is -0.481 e. The third-order valence-electron chi connectivity index (χ3n) is 2.21. The average molecular weight is 241 g/mol. The number of carboxylic acid groups (broad SMARTS) is 1. The van der Waals surface area contributed by atoms with Gasteiger partial charge in [-0.2, -0.15) is 13.2 Å². The summed E-state index contributed by atoms with van der Waals surface area (Å²) >= 11 is 0. The lowest BCUT2D eigenvalue weighted by atomic mass is 10.00. The number of carbonyl (C=O) groups excluding carboxylic acids is 1. The van der Waals surface area contributed by atoms with E-state index in [-0.39, 0.29) is 19.6 Å². The van der Waals surface area contributed by atoms with Crippen LogP contribution in [0.3, 0.4) is 0 Å². The number of carboxylic acids is 1. The lowest BCUT2D eigenvalue weighted by Crippen LogP contribution is -2.46. The first-order valence-electron chi connectivity index (χ1n) is 4.48. The van der Waals surface area contributed by atoms with Crippen LogP contribution in [0.25, 0.3) is 0 Å². The molecule has 2 atom stereocenters. The second-order valence-electron chi connectivity index (χ2n) is 3.47. The molecular formula is C8H10F3NO4. The summed E-state index contributed by atoms with van der Waals surface area (Å²) in [6, 6.07) is -0.898. The number of carbonyl (C=O) groups is 2. The quantitative estimate of drug-likeness (QED) is 0.737. The number of ether oxygens (including phenoxy) is 1. The zero-order chi connectivity index (χ0) is 12.3. The normalized spacial score (nSPS) is 25.4. The molecule has 2 N–H and O–H groups in total. The Morgan fingerprint density at radius 2 is 2.00 bits per heavy atom. The van der Waals surface area contributed by atoms with Gasteiger partial charge in [-0.3, -0.25) is 9.59 Å². The van der Waals surface area contributed by atoms with E-state index < -0.39 is 30.0 Å². The topological polar surface area (TPSA) is 75.6 Å². The van der Waals surface area contributed by atoms with Crippen molar-refractivity contribution in [2.24, 2.45) is 5.92 Å². The van der Waals surface area contributed by atoms with Gasteiger partial charge in [0, 0.05) is 5.92 Å². The van der Waals surface area contributed by atoms with Gasteiger partial charge in [0.15, 0.2) is 0 Å². The largest absolute Gasteiger partial charge is 0.481 e. The molecule has 1 rings (SSSR count). The fraction of sp³-hybridized carbons (Fsp3) is 0.750. The molecule has 1 aliphatic heterocycles. The second kappa shape index (κ2) is 4.69. The van der Waals surface area contributed by atoms with Crippen molar-refractivity contribution in [2.75, 3.05) is 13.2 Å². The summed E-state index contributed by atoms with van der Waals surface area (Å²) in [6.07, 6.45) is -5.29. The highest BCUT2D eigenvalue weighted by molar-refractivity contribution is 5.82. The van der Waals surface area contributed by atoms with Gasteiger partial charge in [-0.15, -0.1) is 0 Å². The Morgan fingerprint density at radius 1 is 1.38 bits per heavy atom. The molecule has 0 radical (unpaired) electrons. The summed E-state index contributed by atoms with van der Waals surface area (Å²) in [5.41, 5.74) is 0. The molecule has 16 heavy (non-hydrogen) atoms. The van der Waals surface area contributed by atoms with Crippen LogP contribution in [-0.4, -0.2) is 42.4 Å². The average Bonchev–Trinajstić information content (AvgIpc) is 2.50. The third-order valence-corrected chi connectivity index (χ3v) is 2.21. The van der Waals surface area contributed by atoms with E-state index in [0.29, 0.717) is 0 Å². The van der Waals surface area contributed by atoms with Crippen molar-refractivity contribution >= 4 is 11.9 Å². The molecule has 0 aromatic carbocycles. The number of halogens is 3. The summed E-state index contributed by atoms with van der Waals surface area (Å²) in [5.74, 6) is -3.83. The molecule has 1 heterocycles. The van der Waals surface area contributed by atoms with E-state index in [9.17, 15) is 22.8 Å². The zero-order valence-corrected chi connectivity index (χ0v) is 8.08. The van der Waals surface area contributed by atoms with Gasteiger partial charge in [-0.05, 0) is 0 Å². The predicted octanol–water partition coefficient (Wildman–Crippen LogP) is 0.155. The van der Waals surface area contributed by atoms with Crippen molar-refractivity contribution in [3.63, 3.8) is 0 Å². The first-order chi connectivity index (χ1) is 7.30. The smallest absolute Gasteiger partial charge is 0.471 e. The first kappa shape index (κ1) is 12.8. The molecule has 1 fully saturated rings. The minimum atomic E-state index is -4.96. The fourth-order valence-corrected chi connectivity index (χ4v) is 1.43. The Morgan fingerprint density at radius 3 is 2.50 bits per heavy atom. The number of hydrogen-bond acceptors (Lipinski definition) is 3. The Hall–Kier alpha value is -1.31. The van der Waals surface area contributed by atoms with E-state index in [1.54, 1.807) is 5.32 Å². The minimum absolute atomic E-state index is 0.0368. The van der Waals surface area contributed by atoms with Gasteiger partial charge >= 0.3 is 18.1 Å². The van der Waals surface area contributed by atoms with Gasteiger partial charge in [-0.1, -0.05) is 0 Å². The van der Waals surface area contributed by atoms with Gasteiger partial charge < -0.3 is 15.2 Å². The Kier molecular flexibility index (Phi) is 3.74. The van der Waals surface area contributed by atoms with Gasteiger partial charge in [0.25, 0.3) is 0 Å². The van der Waals surface area contributed by atoms with E-state index in [1.807, 2.05) is 0 Å². The van der Waals surface area contributed by atoms with Crippen molar-refractivity contribution in [3.8, 4) is 0 Å². The van der Waals surface area contributed by atoms with Crippen molar-refractivity contribution in [3.05, 3.63) is 0 Å². The summed E-state index contributed by atoms with van der Waals surface area (Å²) in [7, 11) is 0. The number of hydrogen-bond donors (Lipinski definition) is 2. The Labute approximate surface area is 88.6 Å². The molecule has 5 nitrogen and oxygen atoms in total. The standard InChI is InChI=1S/C8H10F3NO4/c9-8(10,11)7(15)12-5-3-16-2-4(5)1-6(13)14/h4-5H,1-3H2,(H,12,15)(H,13,14). The molecule has 8 heteroatoms. The van der Waals surface area contributed by atoms with Crippen LogP contribution >= 0.6 is 0 Å². The van der Waals surface area contributed by atoms with Crippen LogP contribution < -0.4 is 5.32 Å². The van der Waals surface area contributed by atoms with Gasteiger partial charge in [-0.25, -0.2) is 0 Å². The molecule has 0 aliphatic carbocycles. The van der Waals surface area contributed by atoms with Crippen LogP contribution in [0, 0.1) is 5.92 Å². The zero-order valence-electron chi connectivity index (χ0n) is 8.08. The van der Waals surface area contributed by atoms with Crippen LogP contribution in [0.2, 0.25) is 0 Å². The maximum Gasteiger partial charge on any atom is 0.471 e. The maximum atomic E-state index is 11.9. The van der Waals surface area contributed by atoms with Crippen LogP contribution in [-0.2, 0) is 14.3 Å². The fourth-order valence-electron chi connectivity index (χ4n) is 1.43. The van der Waals surface area contributed by atoms with E-state index >= 15 is 0 Å². The van der Waals surface area contributed by atoms with Gasteiger partial charge in [0.05, 0.1) is 25.7 Å². The second-order valence-corrected chi connectivity index (χ2v) is 3.47. The first-order valence-corrected chi connectivity index (χ1v) is 4.48. The van der Waals surface area contributed by atoms with E-state index in [1.165, 1.54) is 0 Å². The lowest BCUT2D eigenvalue weighted by molar-refractivity contribution is -0.174. The molecule has 92 valence electrons. The number of alkyl halides is 3. The van der Waals surface area contributed by atoms with E-state index in [0.717, 1.165) is 0 Å². The predicted molar refractivity (Wildman–Crippen MR) is 44.5 cm³/mol. The number of nitrogens with one attached hydrogen (secondary N) is 1. The van der Waals surface area contributed by atoms with E-state index in [4.69, 9.17) is 9.84 Å². The molecule has 0 aromatic rings. The number of amides is 1. The summed E-state index contributed by atoms with van der Waals surface area (Å²) in [4.78, 5) is 21.0. The lowest BCUT2D eigenvalue weighted by Gasteiger charge is -2.18. The Bertz CT molecular complexity index is 291. The molecule has 1 amide bonds. The molecule has 0 bridgehead atoms. The van der Waals surface area contributed by atoms with Crippen molar-refractivity contribution in [2.45, 2.75) is 18.6 Å². The van der Waals surface area contributed by atoms with Crippen molar-refractivity contribution < 1.29 is 32.6 Å². The molecule has 2 unspecified atom stereocenters. The monoisotopic (exact) mass is 241 g/mol. The van der Waals surface area contributed by atoms with E-state index in [2.05, 4.69) is 0 Å². The highest BCUT2D eigenvalue weighted by atomic mass is 19.4. The molecule has 1 aliphatic rings. The molecule has 0 saturated carbocycles. The van der Waals surface area contributed by atoms with Crippen molar-refractivity contribution in [1.82, 2.24) is 5.32 Å². The third kappa shape index (κ3) is 3.37. The number of rotatable bonds is 3.